The van der Waals surface area contributed by atoms with E-state index in [0.29, 0.717) is 19.6 Å². The molecule has 3 unspecified atom stereocenters. The second-order valence-electron chi connectivity index (χ2n) is 15.7. The molecule has 3 aliphatic rings. The Morgan fingerprint density at radius 3 is 2.28 bits per heavy atom. The van der Waals surface area contributed by atoms with Gasteiger partial charge < -0.3 is 19.8 Å². The van der Waals surface area contributed by atoms with Crippen molar-refractivity contribution >= 4 is 29.5 Å². The summed E-state index contributed by atoms with van der Waals surface area (Å²) in [5.74, 6) is -1.52. The van der Waals surface area contributed by atoms with E-state index in [-0.39, 0.29) is 46.8 Å². The van der Waals surface area contributed by atoms with Crippen LogP contribution in [0.4, 0.5) is 0 Å². The quantitative estimate of drug-likeness (QED) is 0.243. The molecule has 2 bridgehead atoms. The molecule has 8 atom stereocenters. The molecule has 0 saturated carbocycles. The van der Waals surface area contributed by atoms with E-state index in [0.717, 1.165) is 24.8 Å². The predicted octanol–water partition coefficient (Wildman–Crippen LogP) is 6.17. The predicted molar refractivity (Wildman–Crippen MR) is 188 cm³/mol. The van der Waals surface area contributed by atoms with Gasteiger partial charge in [-0.1, -0.05) is 90.4 Å². The van der Waals surface area contributed by atoms with Gasteiger partial charge in [-0.25, -0.2) is 0 Å². The van der Waals surface area contributed by atoms with E-state index in [9.17, 15) is 14.7 Å². The highest BCUT2D eigenvalue weighted by atomic mass is 32.2. The number of aliphatic hydroxyl groups excluding tert-OH is 1. The third-order valence-corrected chi connectivity index (χ3v) is 12.8. The summed E-state index contributed by atoms with van der Waals surface area (Å²) < 4.78 is -0.774. The number of thioether (sulfide) groups is 1. The molecule has 1 N–H and O–H groups in total. The maximum Gasteiger partial charge on any atom is 0.247 e. The van der Waals surface area contributed by atoms with Crippen LogP contribution in [0.3, 0.4) is 0 Å². The van der Waals surface area contributed by atoms with Gasteiger partial charge in [0.05, 0.1) is 29.2 Å². The summed E-state index contributed by atoms with van der Waals surface area (Å²) in [6.07, 6.45) is 5.77. The number of rotatable bonds is 14. The molecule has 0 aliphatic carbocycles. The lowest BCUT2D eigenvalue weighted by Crippen LogP contribution is -2.63. The van der Waals surface area contributed by atoms with Crippen molar-refractivity contribution in [1.29, 1.82) is 0 Å². The van der Waals surface area contributed by atoms with E-state index in [1.54, 1.807) is 28.8 Å². The number of nitrogens with zero attached hydrogens (tertiary/aromatic N) is 3. The molecule has 46 heavy (non-hydrogen) atoms. The van der Waals surface area contributed by atoms with Crippen molar-refractivity contribution < 1.29 is 19.5 Å². The number of hydrogen-bond acceptors (Lipinski definition) is 5. The molecule has 0 radical (unpaired) electrons. The van der Waals surface area contributed by atoms with Crippen molar-refractivity contribution in [2.75, 3.05) is 19.7 Å². The van der Waals surface area contributed by atoms with Crippen LogP contribution in [0.2, 0.25) is 0 Å². The summed E-state index contributed by atoms with van der Waals surface area (Å²) in [5.41, 5.74) is 0.453. The standard InChI is InChI=1S/C38H57N3O4S/c1-11-19-39(22-27-17-15-14-16-18-27)33(43)30-29-21-26(5)38(46-29)31(30)34(44)41(28(23-42)25(4)13-3)32(38)35(45)40(20-12-2)37(9,10)24-36(6,7)8/h11-12,14-18,25-26,28-32,42H,1-2,13,19-24H2,3-10H3/t25-,26?,28-,29+,30-,31-,32?,38?/m0/s1. The molecule has 3 fully saturated rings. The molecule has 1 aromatic carbocycles. The molecule has 254 valence electrons. The van der Waals surface area contributed by atoms with Crippen molar-refractivity contribution in [3.63, 3.8) is 0 Å². The van der Waals surface area contributed by atoms with Gasteiger partial charge in [-0.05, 0) is 49.5 Å². The topological polar surface area (TPSA) is 81.2 Å². The van der Waals surface area contributed by atoms with Crippen LogP contribution in [0.1, 0.15) is 80.2 Å². The summed E-state index contributed by atoms with van der Waals surface area (Å²) in [5, 5.41) is 10.8. The SMILES string of the molecule is C=CCN(Cc1ccccc1)C(=O)[C@@H]1[C@H]2C(=O)N([C@@H](CO)[C@@H](C)CC)C(C(=O)N(CC=C)C(C)(C)CC(C)(C)C)C23S[C@@H]1CC3C. The third kappa shape index (κ3) is 6.45. The fraction of sp³-hybridized carbons (Fsp3) is 0.658. The van der Waals surface area contributed by atoms with Crippen LogP contribution in [0.15, 0.2) is 55.6 Å². The van der Waals surface area contributed by atoms with Crippen molar-refractivity contribution in [3.05, 3.63) is 61.2 Å². The van der Waals surface area contributed by atoms with Crippen LogP contribution < -0.4 is 0 Å². The minimum Gasteiger partial charge on any atom is -0.394 e. The van der Waals surface area contributed by atoms with Gasteiger partial charge in [0.1, 0.15) is 6.04 Å². The number of aliphatic hydroxyl groups is 1. The van der Waals surface area contributed by atoms with E-state index < -0.39 is 34.2 Å². The smallest absolute Gasteiger partial charge is 0.247 e. The second kappa shape index (κ2) is 13.9. The maximum atomic E-state index is 15.3. The Kier molecular flexibility index (Phi) is 10.9. The molecular formula is C38H57N3O4S. The Hall–Kier alpha value is -2.58. The molecule has 1 aromatic rings. The average molecular weight is 652 g/mol. The highest BCUT2D eigenvalue weighted by Gasteiger charge is 2.77. The lowest BCUT2D eigenvalue weighted by molar-refractivity contribution is -0.150. The van der Waals surface area contributed by atoms with Crippen molar-refractivity contribution in [2.45, 2.75) is 109 Å². The van der Waals surface area contributed by atoms with Crippen LogP contribution in [0, 0.1) is 29.1 Å². The Morgan fingerprint density at radius 1 is 1.11 bits per heavy atom. The summed E-state index contributed by atoms with van der Waals surface area (Å²) >= 11 is 1.70. The van der Waals surface area contributed by atoms with Crippen molar-refractivity contribution in [2.24, 2.45) is 29.1 Å². The van der Waals surface area contributed by atoms with Crippen molar-refractivity contribution in [3.8, 4) is 0 Å². The van der Waals surface area contributed by atoms with Gasteiger partial charge in [0.2, 0.25) is 17.7 Å². The molecule has 3 heterocycles. The van der Waals surface area contributed by atoms with Crippen LogP contribution in [-0.2, 0) is 20.9 Å². The summed E-state index contributed by atoms with van der Waals surface area (Å²) in [7, 11) is 0. The molecule has 0 aromatic heterocycles. The Bertz CT molecular complexity index is 1290. The number of hydrogen-bond donors (Lipinski definition) is 1. The van der Waals surface area contributed by atoms with Gasteiger partial charge in [0, 0.05) is 30.4 Å². The van der Waals surface area contributed by atoms with Gasteiger partial charge in [-0.15, -0.1) is 24.9 Å². The normalized spacial score (nSPS) is 28.5. The van der Waals surface area contributed by atoms with Gasteiger partial charge in [0.25, 0.3) is 0 Å². The van der Waals surface area contributed by atoms with E-state index >= 15 is 4.79 Å². The molecule has 3 amide bonds. The van der Waals surface area contributed by atoms with Gasteiger partial charge in [-0.2, -0.15) is 0 Å². The first-order valence-corrected chi connectivity index (χ1v) is 17.9. The number of carbonyl (C=O) groups excluding carboxylic acids is 3. The van der Waals surface area contributed by atoms with E-state index in [4.69, 9.17) is 0 Å². The number of carbonyl (C=O) groups is 3. The average Bonchev–Trinajstić information content (AvgIpc) is 3.58. The van der Waals surface area contributed by atoms with Crippen molar-refractivity contribution in [1.82, 2.24) is 14.7 Å². The van der Waals surface area contributed by atoms with Gasteiger partial charge in [-0.3, -0.25) is 14.4 Å². The first kappa shape index (κ1) is 36.3. The largest absolute Gasteiger partial charge is 0.394 e. The van der Waals surface area contributed by atoms with Crippen LogP contribution in [0.25, 0.3) is 0 Å². The van der Waals surface area contributed by atoms with E-state index in [1.165, 1.54) is 0 Å². The molecule has 1 spiro atoms. The first-order valence-electron chi connectivity index (χ1n) is 17.1. The minimum absolute atomic E-state index is 0.0306. The zero-order chi connectivity index (χ0) is 34.2. The molecule has 4 rings (SSSR count). The first-order chi connectivity index (χ1) is 21.6. The molecular weight excluding hydrogens is 595 g/mol. The van der Waals surface area contributed by atoms with Crippen LogP contribution in [-0.4, -0.2) is 84.8 Å². The maximum absolute atomic E-state index is 15.3. The monoisotopic (exact) mass is 651 g/mol. The van der Waals surface area contributed by atoms with Gasteiger partial charge in [0.15, 0.2) is 0 Å². The summed E-state index contributed by atoms with van der Waals surface area (Å²) in [6, 6.07) is 8.57. The fourth-order valence-corrected chi connectivity index (χ4v) is 11.3. The van der Waals surface area contributed by atoms with Crippen LogP contribution in [0.5, 0.6) is 0 Å². The Labute approximate surface area is 281 Å². The number of likely N-dealkylation sites (tertiary alicyclic amines) is 1. The zero-order valence-electron chi connectivity index (χ0n) is 29.4. The lowest BCUT2D eigenvalue weighted by atomic mass is 9.65. The molecule has 3 saturated heterocycles. The lowest BCUT2D eigenvalue weighted by Gasteiger charge is -2.48. The van der Waals surface area contributed by atoms with E-state index in [2.05, 4.69) is 54.7 Å². The summed E-state index contributed by atoms with van der Waals surface area (Å²) in [4.78, 5) is 50.3. The highest BCUT2D eigenvalue weighted by Crippen LogP contribution is 2.69. The number of amides is 3. The molecule has 7 nitrogen and oxygen atoms in total. The van der Waals surface area contributed by atoms with Gasteiger partial charge >= 0.3 is 0 Å². The second-order valence-corrected chi connectivity index (χ2v) is 17.3. The molecule has 8 heteroatoms. The zero-order valence-corrected chi connectivity index (χ0v) is 30.2. The Morgan fingerprint density at radius 2 is 1.74 bits per heavy atom. The number of benzene rings is 1. The van der Waals surface area contributed by atoms with Crippen LogP contribution >= 0.6 is 11.8 Å². The fourth-order valence-electron chi connectivity index (χ4n) is 8.90. The molecule has 3 aliphatic heterocycles. The minimum atomic E-state index is -0.792. The van der Waals surface area contributed by atoms with E-state index in [1.807, 2.05) is 54.0 Å². The third-order valence-electron chi connectivity index (χ3n) is 10.7. The summed E-state index contributed by atoms with van der Waals surface area (Å²) in [6.45, 7) is 25.8. The highest BCUT2D eigenvalue weighted by molar-refractivity contribution is 8.02. The number of fused-ring (bicyclic) bond motifs is 1. The Balaban J connectivity index is 1.85.